The molecule has 10 nitrogen and oxygen atoms in total. The summed E-state index contributed by atoms with van der Waals surface area (Å²) in [6, 6.07) is 3.52. The zero-order valence-corrected chi connectivity index (χ0v) is 21.1. The maximum absolute atomic E-state index is 12.8. The van der Waals surface area contributed by atoms with Crippen molar-refractivity contribution in [3.05, 3.63) is 33.8 Å². The lowest BCUT2D eigenvalue weighted by molar-refractivity contribution is -0.802. The number of carbonyl (C=O) groups excluding carboxylic acids is 4. The summed E-state index contributed by atoms with van der Waals surface area (Å²) in [4.78, 5) is 50.3. The minimum atomic E-state index is -2.50. The van der Waals surface area contributed by atoms with Crippen molar-refractivity contribution < 1.29 is 37.6 Å². The number of nitrogens with zero attached hydrogens (tertiary/aromatic N) is 1. The molecular formula is C21H28BCl2N3O7. The van der Waals surface area contributed by atoms with E-state index >= 15 is 0 Å². The number of likely N-dealkylation sites (N-methyl/N-ethyl adjacent to an activating group) is 1. The SMILES string of the molecule is COC(=O)[C@@H]1O[B-]2([C@H](CC(C)C)NC(=O)CNC(=O)c3cc(Cl)ccc3Cl)OC(=O)[C@H]1[N+]2(C)C. The summed E-state index contributed by atoms with van der Waals surface area (Å²) in [7, 11) is 4.66. The van der Waals surface area contributed by atoms with Gasteiger partial charge in [0.25, 0.3) is 5.91 Å². The van der Waals surface area contributed by atoms with Gasteiger partial charge in [-0.15, -0.1) is 0 Å². The Bertz CT molecular complexity index is 1020. The van der Waals surface area contributed by atoms with Crippen LogP contribution in [0.1, 0.15) is 30.6 Å². The molecule has 0 saturated carbocycles. The van der Waals surface area contributed by atoms with Gasteiger partial charge in [0.2, 0.25) is 5.91 Å². The molecule has 34 heavy (non-hydrogen) atoms. The van der Waals surface area contributed by atoms with Crippen molar-refractivity contribution in [2.24, 2.45) is 5.92 Å². The van der Waals surface area contributed by atoms with Crippen molar-refractivity contribution >= 4 is 53.6 Å². The Morgan fingerprint density at radius 2 is 1.91 bits per heavy atom. The summed E-state index contributed by atoms with van der Waals surface area (Å²) in [6.45, 7) is 1.01. The molecule has 2 amide bonds. The second-order valence-corrected chi connectivity index (χ2v) is 10.3. The summed E-state index contributed by atoms with van der Waals surface area (Å²) in [5, 5.41) is 5.87. The van der Waals surface area contributed by atoms with Gasteiger partial charge >= 0.3 is 18.6 Å². The molecule has 0 aliphatic carbocycles. The zero-order valence-electron chi connectivity index (χ0n) is 19.6. The van der Waals surface area contributed by atoms with Crippen LogP contribution in [0, 0.1) is 5.92 Å². The smallest absolute Gasteiger partial charge is 0.550 e. The normalized spacial score (nSPS) is 25.6. The maximum atomic E-state index is 12.8. The van der Waals surface area contributed by atoms with E-state index in [1.807, 2.05) is 13.8 Å². The molecule has 2 saturated heterocycles. The van der Waals surface area contributed by atoms with Crippen molar-refractivity contribution in [1.29, 1.82) is 0 Å². The number of fused-ring (bicyclic) bond motifs is 2. The van der Waals surface area contributed by atoms with Crippen LogP contribution in [0.25, 0.3) is 0 Å². The van der Waals surface area contributed by atoms with Gasteiger partial charge in [0.05, 0.1) is 24.2 Å². The van der Waals surface area contributed by atoms with Crippen molar-refractivity contribution in [1.82, 2.24) is 10.6 Å². The van der Waals surface area contributed by atoms with E-state index in [1.165, 1.54) is 19.2 Å². The lowest BCUT2D eigenvalue weighted by atomic mass is 9.58. The minimum absolute atomic E-state index is 0.0687. The number of amides is 2. The van der Waals surface area contributed by atoms with E-state index in [4.69, 9.17) is 37.2 Å². The first kappa shape index (κ1) is 26.3. The largest absolute Gasteiger partial charge is 0.609 e. The summed E-state index contributed by atoms with van der Waals surface area (Å²) in [5.74, 6) is -3.04. The lowest BCUT2D eigenvalue weighted by Gasteiger charge is -2.46. The van der Waals surface area contributed by atoms with Crippen LogP contribution in [0.3, 0.4) is 0 Å². The molecule has 2 fully saturated rings. The Morgan fingerprint density at radius 3 is 2.53 bits per heavy atom. The number of carbonyl (C=O) groups is 4. The topological polar surface area (TPSA) is 120 Å². The summed E-state index contributed by atoms with van der Waals surface area (Å²) in [5.41, 5.74) is 0.133. The lowest BCUT2D eigenvalue weighted by Crippen LogP contribution is -2.71. The van der Waals surface area contributed by atoms with Crippen LogP contribution in [0.4, 0.5) is 0 Å². The predicted octanol–water partition coefficient (Wildman–Crippen LogP) is 1.31. The molecule has 1 unspecified atom stereocenters. The molecule has 0 spiro atoms. The van der Waals surface area contributed by atoms with Gasteiger partial charge in [-0.05, 0) is 24.1 Å². The van der Waals surface area contributed by atoms with Crippen LogP contribution in [0.15, 0.2) is 18.2 Å². The van der Waals surface area contributed by atoms with Gasteiger partial charge in [0, 0.05) is 25.1 Å². The fourth-order valence-corrected chi connectivity index (χ4v) is 5.16. The van der Waals surface area contributed by atoms with Crippen molar-refractivity contribution in [2.75, 3.05) is 27.7 Å². The fraction of sp³-hybridized carbons (Fsp3) is 0.524. The number of methoxy groups -OCH3 is 1. The maximum Gasteiger partial charge on any atom is 0.550 e. The highest BCUT2D eigenvalue weighted by Gasteiger charge is 2.75. The molecule has 0 aromatic heterocycles. The Balaban J connectivity index is 1.79. The Morgan fingerprint density at radius 1 is 1.24 bits per heavy atom. The van der Waals surface area contributed by atoms with Crippen molar-refractivity contribution in [2.45, 2.75) is 38.4 Å². The molecule has 2 aliphatic heterocycles. The Labute approximate surface area is 207 Å². The van der Waals surface area contributed by atoms with Crippen molar-refractivity contribution in [3.63, 3.8) is 0 Å². The third-order valence-corrected chi connectivity index (χ3v) is 6.96. The van der Waals surface area contributed by atoms with Gasteiger partial charge in [-0.1, -0.05) is 43.5 Å². The second kappa shape index (κ2) is 9.73. The molecule has 4 atom stereocenters. The van der Waals surface area contributed by atoms with Gasteiger partial charge in [0.1, 0.15) is 0 Å². The third-order valence-electron chi connectivity index (χ3n) is 6.40. The molecule has 1 aromatic rings. The molecule has 0 radical (unpaired) electrons. The number of hydrogen-bond acceptors (Lipinski definition) is 7. The molecule has 186 valence electrons. The highest BCUT2D eigenvalue weighted by Crippen LogP contribution is 2.45. The number of rotatable bonds is 8. The number of benzene rings is 1. The van der Waals surface area contributed by atoms with Gasteiger partial charge in [-0.25, -0.2) is 9.59 Å². The molecule has 2 bridgehead atoms. The molecule has 2 heterocycles. The average molecular weight is 516 g/mol. The van der Waals surface area contributed by atoms with E-state index < -0.39 is 48.5 Å². The van der Waals surface area contributed by atoms with Crippen LogP contribution >= 0.6 is 23.2 Å². The van der Waals surface area contributed by atoms with E-state index in [1.54, 1.807) is 20.2 Å². The standard InChI is InChI=1S/C21H28BCl2N3O7/c1-11(2)8-15(22-27(3,4)17(20(30)34-22)18(33-22)21(31)32-5)26-16(28)10-25-19(29)13-9-12(23)6-7-14(13)24/h6-7,9,11,15,17-18H,8,10H2,1-5H3,(H,25,29)(H,26,28)/t15-,17-,18+,22?/m0/s1. The molecule has 2 N–H and O–H groups in total. The number of ether oxygens (including phenoxy) is 1. The van der Waals surface area contributed by atoms with Gasteiger partial charge in [-0.3, -0.25) is 9.59 Å². The number of hydrogen-bond donors (Lipinski definition) is 2. The quantitative estimate of drug-likeness (QED) is 0.395. The highest BCUT2D eigenvalue weighted by atomic mass is 35.5. The number of nitrogens with one attached hydrogen (secondary N) is 2. The summed E-state index contributed by atoms with van der Waals surface area (Å²) >= 11 is 12.0. The zero-order chi connectivity index (χ0) is 25.4. The van der Waals surface area contributed by atoms with E-state index in [-0.39, 0.29) is 27.4 Å². The van der Waals surface area contributed by atoms with Crippen LogP contribution in [-0.2, 0) is 28.4 Å². The van der Waals surface area contributed by atoms with Gasteiger partial charge in [-0.2, -0.15) is 0 Å². The molecule has 13 heteroatoms. The first-order chi connectivity index (χ1) is 15.8. The van der Waals surface area contributed by atoms with Gasteiger partial charge < -0.3 is 29.1 Å². The minimum Gasteiger partial charge on any atom is -0.609 e. The number of halogens is 2. The molecule has 2 aliphatic rings. The second-order valence-electron chi connectivity index (χ2n) is 9.43. The van der Waals surface area contributed by atoms with E-state index in [2.05, 4.69) is 10.6 Å². The van der Waals surface area contributed by atoms with Gasteiger partial charge in [0.15, 0.2) is 12.1 Å². The monoisotopic (exact) mass is 515 g/mol. The van der Waals surface area contributed by atoms with Crippen LogP contribution in [0.5, 0.6) is 0 Å². The first-order valence-electron chi connectivity index (χ1n) is 10.8. The third kappa shape index (κ3) is 4.62. The van der Waals surface area contributed by atoms with E-state index in [0.717, 1.165) is 0 Å². The summed E-state index contributed by atoms with van der Waals surface area (Å²) in [6.07, 6.45) is -0.743. The van der Waals surface area contributed by atoms with E-state index in [0.29, 0.717) is 11.4 Å². The summed E-state index contributed by atoms with van der Waals surface area (Å²) < 4.78 is 16.5. The van der Waals surface area contributed by atoms with Crippen molar-refractivity contribution in [3.8, 4) is 0 Å². The van der Waals surface area contributed by atoms with E-state index in [9.17, 15) is 19.2 Å². The molecule has 3 rings (SSSR count). The predicted molar refractivity (Wildman–Crippen MR) is 125 cm³/mol. The number of esters is 1. The van der Waals surface area contributed by atoms with Crippen LogP contribution in [0.2, 0.25) is 10.0 Å². The van der Waals surface area contributed by atoms with Crippen LogP contribution in [-0.4, -0.2) is 80.7 Å². The highest BCUT2D eigenvalue weighted by molar-refractivity contribution is 6.66. The first-order valence-corrected chi connectivity index (χ1v) is 11.6. The molecule has 1 aromatic carbocycles. The fourth-order valence-electron chi connectivity index (χ4n) is 4.78. The Kier molecular flexibility index (Phi) is 7.52. The average Bonchev–Trinajstić information content (AvgIpc) is 3.11. The number of quaternary nitrogens is 1. The Hall–Kier alpha value is -2.34. The molecular weight excluding hydrogens is 488 g/mol. The van der Waals surface area contributed by atoms with Crippen LogP contribution < -0.4 is 10.6 Å².